The molecule has 0 saturated heterocycles. The van der Waals surface area contributed by atoms with Crippen LogP contribution in [0.3, 0.4) is 0 Å². The van der Waals surface area contributed by atoms with Crippen molar-refractivity contribution in [2.24, 2.45) is 0 Å². The Labute approximate surface area is 106 Å². The molecule has 0 unspecified atom stereocenters. The van der Waals surface area contributed by atoms with E-state index >= 15 is 0 Å². The van der Waals surface area contributed by atoms with E-state index in [1.54, 1.807) is 18.2 Å². The van der Waals surface area contributed by atoms with Crippen LogP contribution in [-0.4, -0.2) is 25.8 Å². The summed E-state index contributed by atoms with van der Waals surface area (Å²) in [6.45, 7) is 0.128. The number of aromatic carboxylic acids is 1. The fourth-order valence-electron chi connectivity index (χ4n) is 2.02. The van der Waals surface area contributed by atoms with Gasteiger partial charge in [0, 0.05) is 6.07 Å². The first-order valence-corrected chi connectivity index (χ1v) is 5.51. The first-order valence-electron chi connectivity index (χ1n) is 5.51. The van der Waals surface area contributed by atoms with Crippen LogP contribution >= 0.6 is 0 Å². The number of hydrogen-bond acceptors (Lipinski definition) is 4. The summed E-state index contributed by atoms with van der Waals surface area (Å²) in [6, 6.07) is 6.31. The van der Waals surface area contributed by atoms with Crippen molar-refractivity contribution < 1.29 is 14.4 Å². The van der Waals surface area contributed by atoms with Crippen molar-refractivity contribution in [3.63, 3.8) is 0 Å². The van der Waals surface area contributed by atoms with Gasteiger partial charge in [0.15, 0.2) is 5.76 Å². The number of aromatic nitrogens is 3. The van der Waals surface area contributed by atoms with Crippen molar-refractivity contribution in [1.82, 2.24) is 14.7 Å². The van der Waals surface area contributed by atoms with Gasteiger partial charge in [0.1, 0.15) is 0 Å². The van der Waals surface area contributed by atoms with E-state index in [2.05, 4.69) is 10.1 Å². The Morgan fingerprint density at radius 1 is 1.42 bits per heavy atom. The number of carboxylic acid groups (broad SMARTS) is 1. The van der Waals surface area contributed by atoms with Crippen LogP contribution in [-0.2, 0) is 6.54 Å². The second-order valence-electron chi connectivity index (χ2n) is 4.00. The molecule has 0 radical (unpaired) electrons. The molecule has 3 rings (SSSR count). The number of hydrogen-bond donors (Lipinski definition) is 2. The van der Waals surface area contributed by atoms with Crippen LogP contribution < -0.4 is 5.69 Å². The minimum Gasteiger partial charge on any atom is -0.478 e. The number of benzene rings is 1. The summed E-state index contributed by atoms with van der Waals surface area (Å²) in [5, 5.41) is 12.7. The van der Waals surface area contributed by atoms with Gasteiger partial charge < -0.3 is 14.6 Å². The van der Waals surface area contributed by atoms with Crippen LogP contribution in [0, 0.1) is 0 Å². The molecule has 0 aliphatic carbocycles. The average Bonchev–Trinajstić information content (AvgIpc) is 2.98. The van der Waals surface area contributed by atoms with E-state index in [0.29, 0.717) is 16.8 Å². The Hall–Kier alpha value is -2.83. The zero-order chi connectivity index (χ0) is 13.4. The summed E-state index contributed by atoms with van der Waals surface area (Å²) in [6.07, 6.45) is 1.47. The van der Waals surface area contributed by atoms with Crippen LogP contribution in [0.4, 0.5) is 0 Å². The highest BCUT2D eigenvalue weighted by molar-refractivity contribution is 6.01. The van der Waals surface area contributed by atoms with Gasteiger partial charge in [-0.2, -0.15) is 0 Å². The normalized spacial score (nSPS) is 10.9. The van der Waals surface area contributed by atoms with Gasteiger partial charge in [-0.25, -0.2) is 9.59 Å². The van der Waals surface area contributed by atoms with Crippen molar-refractivity contribution in [1.29, 1.82) is 0 Å². The van der Waals surface area contributed by atoms with Gasteiger partial charge in [0.2, 0.25) is 0 Å². The molecule has 0 fully saturated rings. The Bertz CT molecular complexity index is 798. The summed E-state index contributed by atoms with van der Waals surface area (Å²) in [5.41, 5.74) is 0.497. The van der Waals surface area contributed by atoms with Crippen LogP contribution in [0.5, 0.6) is 0 Å². The second kappa shape index (κ2) is 4.13. The topological polar surface area (TPSA) is 101 Å². The Balaban J connectivity index is 2.25. The molecule has 7 heteroatoms. The summed E-state index contributed by atoms with van der Waals surface area (Å²) < 4.78 is 6.26. The van der Waals surface area contributed by atoms with Crippen LogP contribution in [0.15, 0.2) is 39.8 Å². The molecule has 0 spiro atoms. The van der Waals surface area contributed by atoms with Crippen LogP contribution in [0.25, 0.3) is 11.0 Å². The number of aromatic amines is 1. The Morgan fingerprint density at radius 3 is 2.95 bits per heavy atom. The molecule has 0 bridgehead atoms. The molecule has 7 nitrogen and oxygen atoms in total. The smallest absolute Gasteiger partial charge is 0.337 e. The van der Waals surface area contributed by atoms with Gasteiger partial charge in [-0.15, -0.1) is 0 Å². The molecule has 0 atom stereocenters. The van der Waals surface area contributed by atoms with E-state index < -0.39 is 5.97 Å². The van der Waals surface area contributed by atoms with Gasteiger partial charge in [-0.05, 0) is 12.1 Å². The molecule has 0 saturated carbocycles. The van der Waals surface area contributed by atoms with Crippen molar-refractivity contribution in [3.05, 3.63) is 52.3 Å². The lowest BCUT2D eigenvalue weighted by atomic mass is 10.2. The highest BCUT2D eigenvalue weighted by atomic mass is 16.5. The van der Waals surface area contributed by atoms with Crippen molar-refractivity contribution in [2.45, 2.75) is 6.54 Å². The SMILES string of the molecule is O=C(O)c1cccc2[nH]c(=O)n(Cc3ccno3)c12. The van der Waals surface area contributed by atoms with Gasteiger partial charge in [0.25, 0.3) is 0 Å². The van der Waals surface area contributed by atoms with Gasteiger partial charge >= 0.3 is 11.7 Å². The first kappa shape index (κ1) is 11.3. The highest BCUT2D eigenvalue weighted by Crippen LogP contribution is 2.17. The lowest BCUT2D eigenvalue weighted by Crippen LogP contribution is -2.18. The molecule has 0 aliphatic rings. The number of fused-ring (bicyclic) bond motifs is 1. The van der Waals surface area contributed by atoms with Crippen molar-refractivity contribution >= 4 is 17.0 Å². The maximum Gasteiger partial charge on any atom is 0.337 e. The van der Waals surface area contributed by atoms with E-state index in [-0.39, 0.29) is 17.8 Å². The largest absolute Gasteiger partial charge is 0.478 e. The van der Waals surface area contributed by atoms with Gasteiger partial charge in [-0.1, -0.05) is 11.2 Å². The minimum atomic E-state index is -1.09. The third kappa shape index (κ3) is 1.81. The highest BCUT2D eigenvalue weighted by Gasteiger charge is 2.16. The average molecular weight is 259 g/mol. The molecule has 1 aromatic carbocycles. The zero-order valence-electron chi connectivity index (χ0n) is 9.66. The third-order valence-corrected chi connectivity index (χ3v) is 2.83. The Morgan fingerprint density at radius 2 is 2.26 bits per heavy atom. The monoisotopic (exact) mass is 259 g/mol. The lowest BCUT2D eigenvalue weighted by Gasteiger charge is -2.03. The van der Waals surface area contributed by atoms with Gasteiger partial charge in [-0.3, -0.25) is 4.57 Å². The number of imidazole rings is 1. The number of nitrogens with zero attached hydrogens (tertiary/aromatic N) is 2. The maximum atomic E-state index is 11.9. The second-order valence-corrected chi connectivity index (χ2v) is 4.00. The number of carbonyl (C=O) groups is 1. The van der Waals surface area contributed by atoms with E-state index in [1.807, 2.05) is 0 Å². The summed E-state index contributed by atoms with van der Waals surface area (Å²) in [7, 11) is 0. The van der Waals surface area contributed by atoms with Gasteiger partial charge in [0.05, 0.1) is 29.3 Å². The first-order chi connectivity index (χ1) is 9.16. The number of carboxylic acids is 1. The lowest BCUT2D eigenvalue weighted by molar-refractivity contribution is 0.0698. The molecule has 0 aliphatic heterocycles. The quantitative estimate of drug-likeness (QED) is 0.732. The molecule has 2 N–H and O–H groups in total. The zero-order valence-corrected chi connectivity index (χ0v) is 9.66. The molecule has 3 aromatic rings. The molecular weight excluding hydrogens is 250 g/mol. The Kier molecular flexibility index (Phi) is 2.45. The fraction of sp³-hybridized carbons (Fsp3) is 0.0833. The van der Waals surface area contributed by atoms with Crippen LogP contribution in [0.2, 0.25) is 0 Å². The molecule has 2 aromatic heterocycles. The molecule has 96 valence electrons. The number of H-pyrrole nitrogens is 1. The molecular formula is C12H9N3O4. The summed E-state index contributed by atoms with van der Waals surface area (Å²) in [4.78, 5) is 25.7. The summed E-state index contributed by atoms with van der Waals surface area (Å²) in [5.74, 6) is -0.612. The minimum absolute atomic E-state index is 0.0652. The molecule has 2 heterocycles. The number of rotatable bonds is 3. The van der Waals surface area contributed by atoms with E-state index in [1.165, 1.54) is 16.8 Å². The van der Waals surface area contributed by atoms with E-state index in [0.717, 1.165) is 0 Å². The van der Waals surface area contributed by atoms with E-state index in [9.17, 15) is 14.7 Å². The predicted octanol–water partition coefficient (Wildman–Crippen LogP) is 1.06. The predicted molar refractivity (Wildman–Crippen MR) is 65.1 cm³/mol. The standard InChI is InChI=1S/C12H9N3O4/c16-11(17)8-2-1-3-9-10(8)15(12(18)14-9)6-7-4-5-13-19-7/h1-5H,6H2,(H,14,18)(H,16,17). The number of nitrogens with one attached hydrogen (secondary N) is 1. The van der Waals surface area contributed by atoms with Crippen molar-refractivity contribution in [3.8, 4) is 0 Å². The summed E-state index contributed by atoms with van der Waals surface area (Å²) >= 11 is 0. The van der Waals surface area contributed by atoms with Crippen LogP contribution in [0.1, 0.15) is 16.1 Å². The number of para-hydroxylation sites is 1. The van der Waals surface area contributed by atoms with Crippen molar-refractivity contribution in [2.75, 3.05) is 0 Å². The molecule has 0 amide bonds. The fourth-order valence-corrected chi connectivity index (χ4v) is 2.02. The third-order valence-electron chi connectivity index (χ3n) is 2.83. The van der Waals surface area contributed by atoms with E-state index in [4.69, 9.17) is 4.52 Å². The molecule has 19 heavy (non-hydrogen) atoms. The maximum absolute atomic E-state index is 11.9.